The van der Waals surface area contributed by atoms with Gasteiger partial charge in [0.25, 0.3) is 5.69 Å². The molecule has 0 bridgehead atoms. The first-order valence-corrected chi connectivity index (χ1v) is 5.50. The monoisotopic (exact) mass is 251 g/mol. The van der Waals surface area contributed by atoms with Gasteiger partial charge in [-0.1, -0.05) is 13.0 Å². The Labute approximate surface area is 104 Å². The summed E-state index contributed by atoms with van der Waals surface area (Å²) in [6, 6.07) is 1.36. The molecule has 0 aliphatic carbocycles. The molecule has 0 saturated carbocycles. The molecule has 1 aliphatic heterocycles. The van der Waals surface area contributed by atoms with Gasteiger partial charge >= 0.3 is 0 Å². The first kappa shape index (κ1) is 12.2. The number of hydrogen-bond acceptors (Lipinski definition) is 5. The fraction of sp³-hybridized carbons (Fsp3) is 0.333. The number of methoxy groups -OCH3 is 1. The van der Waals surface area contributed by atoms with Gasteiger partial charge < -0.3 is 14.2 Å². The van der Waals surface area contributed by atoms with Crippen LogP contribution in [0.25, 0.3) is 6.08 Å². The maximum atomic E-state index is 11.1. The molecule has 1 heterocycles. The van der Waals surface area contributed by atoms with Crippen molar-refractivity contribution in [2.24, 2.45) is 0 Å². The van der Waals surface area contributed by atoms with E-state index in [9.17, 15) is 10.1 Å². The Morgan fingerprint density at radius 1 is 1.56 bits per heavy atom. The third-order valence-corrected chi connectivity index (χ3v) is 2.56. The van der Waals surface area contributed by atoms with Crippen LogP contribution in [0, 0.1) is 10.1 Å². The lowest BCUT2D eigenvalue weighted by Crippen LogP contribution is -1.97. The predicted molar refractivity (Wildman–Crippen MR) is 65.1 cm³/mol. The molecule has 18 heavy (non-hydrogen) atoms. The first-order valence-electron chi connectivity index (χ1n) is 5.50. The minimum Gasteiger partial charge on any atom is -0.492 e. The number of fused-ring (bicyclic) bond motifs is 1. The van der Waals surface area contributed by atoms with Crippen molar-refractivity contribution in [3.05, 3.63) is 27.8 Å². The van der Waals surface area contributed by atoms with Gasteiger partial charge in [-0.3, -0.25) is 10.1 Å². The van der Waals surface area contributed by atoms with Crippen molar-refractivity contribution in [3.8, 4) is 17.2 Å². The van der Waals surface area contributed by atoms with E-state index in [-0.39, 0.29) is 12.5 Å². The fourth-order valence-corrected chi connectivity index (χ4v) is 1.76. The molecule has 0 unspecified atom stereocenters. The van der Waals surface area contributed by atoms with E-state index in [4.69, 9.17) is 14.2 Å². The van der Waals surface area contributed by atoms with Gasteiger partial charge in [0.1, 0.15) is 0 Å². The van der Waals surface area contributed by atoms with Crippen molar-refractivity contribution in [1.82, 2.24) is 0 Å². The van der Waals surface area contributed by atoms with Crippen LogP contribution >= 0.6 is 0 Å². The number of rotatable bonds is 4. The number of allylic oxidation sites excluding steroid dienone is 1. The van der Waals surface area contributed by atoms with Gasteiger partial charge in [0.05, 0.1) is 23.7 Å². The lowest BCUT2D eigenvalue weighted by Gasteiger charge is -2.08. The molecule has 0 amide bonds. The van der Waals surface area contributed by atoms with Crippen LogP contribution in [0.1, 0.15) is 18.9 Å². The van der Waals surface area contributed by atoms with E-state index in [0.29, 0.717) is 22.8 Å². The minimum atomic E-state index is -0.459. The number of benzene rings is 1. The molecule has 0 spiro atoms. The Balaban J connectivity index is 2.66. The Morgan fingerprint density at radius 3 is 2.94 bits per heavy atom. The average Bonchev–Trinajstić information content (AvgIpc) is 2.82. The topological polar surface area (TPSA) is 70.8 Å². The van der Waals surface area contributed by atoms with Crippen molar-refractivity contribution in [2.45, 2.75) is 13.3 Å². The third-order valence-electron chi connectivity index (χ3n) is 2.56. The lowest BCUT2D eigenvalue weighted by atomic mass is 10.1. The van der Waals surface area contributed by atoms with Crippen LogP contribution in [0.4, 0.5) is 5.69 Å². The predicted octanol–water partition coefficient (Wildman–Crippen LogP) is 2.76. The average molecular weight is 251 g/mol. The Kier molecular flexibility index (Phi) is 3.36. The molecule has 1 aromatic rings. The Hall–Kier alpha value is -2.24. The van der Waals surface area contributed by atoms with Gasteiger partial charge in [-0.15, -0.1) is 0 Å². The van der Waals surface area contributed by atoms with E-state index < -0.39 is 4.92 Å². The van der Waals surface area contributed by atoms with E-state index in [0.717, 1.165) is 6.42 Å². The Morgan fingerprint density at radius 2 is 2.33 bits per heavy atom. The van der Waals surface area contributed by atoms with Gasteiger partial charge in [0.15, 0.2) is 11.5 Å². The van der Waals surface area contributed by atoms with Crippen LogP contribution in [0.3, 0.4) is 0 Å². The molecule has 2 rings (SSSR count). The molecule has 6 heteroatoms. The number of hydrogen-bond donors (Lipinski definition) is 0. The molecule has 1 aromatic carbocycles. The molecule has 0 atom stereocenters. The summed E-state index contributed by atoms with van der Waals surface area (Å²) in [5.74, 6) is 1.09. The van der Waals surface area contributed by atoms with Crippen molar-refractivity contribution in [3.63, 3.8) is 0 Å². The van der Waals surface area contributed by atoms with Crippen molar-refractivity contribution in [2.75, 3.05) is 13.9 Å². The van der Waals surface area contributed by atoms with Gasteiger partial charge in [-0.25, -0.2) is 0 Å². The standard InChI is InChI=1S/C12H13NO5/c1-3-4-5-8-9(13(14)15)6-10-12(11(8)16-2)18-7-17-10/h4-6H,3,7H2,1-2H3/b5-4+. The van der Waals surface area contributed by atoms with Crippen LogP contribution in [-0.2, 0) is 0 Å². The van der Waals surface area contributed by atoms with Crippen LogP contribution < -0.4 is 14.2 Å². The molecular weight excluding hydrogens is 238 g/mol. The van der Waals surface area contributed by atoms with Crippen molar-refractivity contribution in [1.29, 1.82) is 0 Å². The number of ether oxygens (including phenoxy) is 3. The first-order chi connectivity index (χ1) is 8.69. The molecule has 96 valence electrons. The summed E-state index contributed by atoms with van der Waals surface area (Å²) in [7, 11) is 1.45. The molecule has 6 nitrogen and oxygen atoms in total. The van der Waals surface area contributed by atoms with E-state index in [1.165, 1.54) is 13.2 Å². The third kappa shape index (κ3) is 1.97. The van der Waals surface area contributed by atoms with Crippen LogP contribution in [0.5, 0.6) is 17.2 Å². The molecule has 0 saturated heterocycles. The van der Waals surface area contributed by atoms with Gasteiger partial charge in [-0.2, -0.15) is 0 Å². The van der Waals surface area contributed by atoms with E-state index in [1.807, 2.05) is 13.0 Å². The maximum absolute atomic E-state index is 11.1. The normalized spacial score (nSPS) is 13.0. The summed E-state index contributed by atoms with van der Waals surface area (Å²) in [4.78, 5) is 10.6. The van der Waals surface area contributed by atoms with Crippen molar-refractivity contribution >= 4 is 11.8 Å². The Bertz CT molecular complexity index is 510. The largest absolute Gasteiger partial charge is 0.492 e. The summed E-state index contributed by atoms with van der Waals surface area (Å²) >= 11 is 0. The zero-order valence-corrected chi connectivity index (χ0v) is 10.1. The van der Waals surface area contributed by atoms with Gasteiger partial charge in [-0.05, 0) is 12.5 Å². The summed E-state index contributed by atoms with van der Waals surface area (Å²) in [5, 5.41) is 11.1. The molecule has 0 radical (unpaired) electrons. The van der Waals surface area contributed by atoms with Crippen LogP contribution in [-0.4, -0.2) is 18.8 Å². The summed E-state index contributed by atoms with van der Waals surface area (Å²) in [6.45, 7) is 1.99. The molecule has 1 aliphatic rings. The van der Waals surface area contributed by atoms with Gasteiger partial charge in [0, 0.05) is 0 Å². The second-order valence-electron chi connectivity index (χ2n) is 3.64. The molecular formula is C12H13NO5. The van der Waals surface area contributed by atoms with Crippen molar-refractivity contribution < 1.29 is 19.1 Å². The highest BCUT2D eigenvalue weighted by Gasteiger charge is 2.29. The molecule has 0 fully saturated rings. The van der Waals surface area contributed by atoms with E-state index >= 15 is 0 Å². The highest BCUT2D eigenvalue weighted by Crippen LogP contribution is 2.47. The lowest BCUT2D eigenvalue weighted by molar-refractivity contribution is -0.385. The molecule has 0 N–H and O–H groups in total. The van der Waals surface area contributed by atoms with Crippen LogP contribution in [0.2, 0.25) is 0 Å². The van der Waals surface area contributed by atoms with Crippen LogP contribution in [0.15, 0.2) is 12.1 Å². The second kappa shape index (κ2) is 4.95. The van der Waals surface area contributed by atoms with Gasteiger partial charge in [0.2, 0.25) is 12.5 Å². The fourth-order valence-electron chi connectivity index (χ4n) is 1.76. The minimum absolute atomic E-state index is 0.0454. The quantitative estimate of drug-likeness (QED) is 0.607. The molecule has 0 aromatic heterocycles. The highest BCUT2D eigenvalue weighted by molar-refractivity contribution is 5.75. The summed E-state index contributed by atoms with van der Waals surface area (Å²) in [5.41, 5.74) is 0.342. The highest BCUT2D eigenvalue weighted by atomic mass is 16.7. The SMILES string of the molecule is CC/C=C/c1c([N+](=O)[O-])cc2c(c1OC)OCO2. The number of nitro groups is 1. The second-order valence-corrected chi connectivity index (χ2v) is 3.64. The van der Waals surface area contributed by atoms with E-state index in [2.05, 4.69) is 0 Å². The number of nitrogens with zero attached hydrogens (tertiary/aromatic N) is 1. The summed E-state index contributed by atoms with van der Waals surface area (Å²) in [6.07, 6.45) is 4.26. The number of nitro benzene ring substituents is 1. The smallest absolute Gasteiger partial charge is 0.284 e. The summed E-state index contributed by atoms with van der Waals surface area (Å²) < 4.78 is 15.6. The maximum Gasteiger partial charge on any atom is 0.284 e. The zero-order valence-electron chi connectivity index (χ0n) is 10.1. The zero-order chi connectivity index (χ0) is 13.1. The van der Waals surface area contributed by atoms with E-state index in [1.54, 1.807) is 6.08 Å².